The Hall–Kier alpha value is -3.05. The van der Waals surface area contributed by atoms with Gasteiger partial charge in [0.15, 0.2) is 11.5 Å². The van der Waals surface area contributed by atoms with Gasteiger partial charge in [-0.1, -0.05) is 23.7 Å². The molecule has 0 spiro atoms. The second kappa shape index (κ2) is 9.92. The van der Waals surface area contributed by atoms with Gasteiger partial charge in [-0.3, -0.25) is 4.79 Å². The normalized spacial score (nSPS) is 17.0. The molecule has 8 nitrogen and oxygen atoms in total. The summed E-state index contributed by atoms with van der Waals surface area (Å²) in [4.78, 5) is 18.9. The van der Waals surface area contributed by atoms with E-state index >= 15 is 0 Å². The van der Waals surface area contributed by atoms with Crippen molar-refractivity contribution < 1.29 is 22.7 Å². The topological polar surface area (TPSA) is 83.8 Å². The Morgan fingerprint density at radius 2 is 1.79 bits per heavy atom. The highest BCUT2D eigenvalue weighted by Crippen LogP contribution is 2.41. The van der Waals surface area contributed by atoms with Gasteiger partial charge >= 0.3 is 6.18 Å². The molecule has 1 amide bonds. The molecule has 0 unspecified atom stereocenters. The summed E-state index contributed by atoms with van der Waals surface area (Å²) in [6.45, 7) is 3.25. The van der Waals surface area contributed by atoms with Crippen LogP contribution in [-0.4, -0.2) is 64.6 Å². The Labute approximate surface area is 223 Å². The van der Waals surface area contributed by atoms with E-state index in [0.29, 0.717) is 41.4 Å². The Morgan fingerprint density at radius 1 is 1.13 bits per heavy atom. The molecule has 2 fully saturated rings. The minimum Gasteiger partial charge on any atom is -0.381 e. The number of alkyl halides is 3. The number of rotatable bonds is 7. The first kappa shape index (κ1) is 26.6. The van der Waals surface area contributed by atoms with Gasteiger partial charge in [-0.25, -0.2) is 9.50 Å². The standard InChI is InChI=1S/C26H30ClF3N6O2/c1-25(2,26(28,29)30)33-22-20(27)21(35(3)18-10-12-38-13-11-18)23-31-14-19(36(23)34-22)15-4-6-16(7-5-15)24(37)32-17-8-9-17/h4-7,14,17-18H,8-13H2,1-3H3,(H,32,37)(H,33,34). The second-order valence-corrected chi connectivity index (χ2v) is 10.8. The third kappa shape index (κ3) is 5.13. The van der Waals surface area contributed by atoms with E-state index in [1.54, 1.807) is 30.5 Å². The number of carbonyl (C=O) groups excluding carboxylic acids is 1. The zero-order valence-electron chi connectivity index (χ0n) is 21.4. The molecule has 204 valence electrons. The zero-order chi connectivity index (χ0) is 27.2. The van der Waals surface area contributed by atoms with Crippen LogP contribution >= 0.6 is 11.6 Å². The Morgan fingerprint density at radius 3 is 2.39 bits per heavy atom. The average Bonchev–Trinajstić information content (AvgIpc) is 3.60. The molecule has 38 heavy (non-hydrogen) atoms. The number of ether oxygens (including phenoxy) is 1. The number of benzene rings is 1. The maximum atomic E-state index is 13.8. The fraction of sp³-hybridized carbons (Fsp3) is 0.500. The van der Waals surface area contributed by atoms with Crippen molar-refractivity contribution in [3.05, 3.63) is 41.0 Å². The highest BCUT2D eigenvalue weighted by molar-refractivity contribution is 6.36. The summed E-state index contributed by atoms with van der Waals surface area (Å²) in [6, 6.07) is 7.28. The molecule has 5 rings (SSSR count). The van der Waals surface area contributed by atoms with E-state index in [2.05, 4.69) is 20.7 Å². The van der Waals surface area contributed by atoms with Crippen molar-refractivity contribution in [1.82, 2.24) is 19.9 Å². The van der Waals surface area contributed by atoms with Gasteiger partial charge in [0.05, 0.1) is 11.9 Å². The first-order valence-electron chi connectivity index (χ1n) is 12.6. The maximum absolute atomic E-state index is 13.8. The number of halogens is 4. The van der Waals surface area contributed by atoms with Crippen molar-refractivity contribution in [3.8, 4) is 11.3 Å². The predicted molar refractivity (Wildman–Crippen MR) is 140 cm³/mol. The third-order valence-electron chi connectivity index (χ3n) is 7.15. The van der Waals surface area contributed by atoms with Crippen LogP contribution in [0.15, 0.2) is 30.5 Å². The molecule has 1 aliphatic carbocycles. The fourth-order valence-corrected chi connectivity index (χ4v) is 4.77. The molecule has 1 aromatic carbocycles. The molecule has 1 aliphatic heterocycles. The van der Waals surface area contributed by atoms with Crippen molar-refractivity contribution in [2.24, 2.45) is 0 Å². The van der Waals surface area contributed by atoms with Crippen LogP contribution in [-0.2, 0) is 4.74 Å². The van der Waals surface area contributed by atoms with Crippen LogP contribution in [0.25, 0.3) is 16.9 Å². The molecular weight excluding hydrogens is 521 g/mol. The van der Waals surface area contributed by atoms with E-state index in [1.807, 2.05) is 11.9 Å². The monoisotopic (exact) mass is 550 g/mol. The highest BCUT2D eigenvalue weighted by Gasteiger charge is 2.48. The van der Waals surface area contributed by atoms with Gasteiger partial charge in [0, 0.05) is 43.5 Å². The number of anilines is 2. The quantitative estimate of drug-likeness (QED) is 0.415. The van der Waals surface area contributed by atoms with Gasteiger partial charge in [-0.2, -0.15) is 13.2 Å². The first-order chi connectivity index (χ1) is 18.0. The highest BCUT2D eigenvalue weighted by atomic mass is 35.5. The summed E-state index contributed by atoms with van der Waals surface area (Å²) < 4.78 is 48.3. The zero-order valence-corrected chi connectivity index (χ0v) is 22.2. The Kier molecular flexibility index (Phi) is 6.93. The summed E-state index contributed by atoms with van der Waals surface area (Å²) in [5.41, 5.74) is 0.407. The largest absolute Gasteiger partial charge is 0.410 e. The second-order valence-electron chi connectivity index (χ2n) is 10.4. The van der Waals surface area contributed by atoms with Gasteiger partial charge < -0.3 is 20.3 Å². The summed E-state index contributed by atoms with van der Waals surface area (Å²) in [7, 11) is 1.86. The summed E-state index contributed by atoms with van der Waals surface area (Å²) in [5.74, 6) is -0.238. The van der Waals surface area contributed by atoms with E-state index in [1.165, 1.54) is 4.52 Å². The van der Waals surface area contributed by atoms with Crippen LogP contribution in [0.1, 0.15) is 49.9 Å². The molecule has 12 heteroatoms. The lowest BCUT2D eigenvalue weighted by Crippen LogP contribution is -2.46. The van der Waals surface area contributed by atoms with Crippen LogP contribution in [0.3, 0.4) is 0 Å². The van der Waals surface area contributed by atoms with E-state index in [4.69, 9.17) is 16.3 Å². The molecule has 3 heterocycles. The number of amides is 1. The number of hydrogen-bond donors (Lipinski definition) is 2. The Bertz CT molecular complexity index is 1330. The predicted octanol–water partition coefficient (Wildman–Crippen LogP) is 5.31. The molecule has 2 N–H and O–H groups in total. The smallest absolute Gasteiger partial charge is 0.381 e. The number of fused-ring (bicyclic) bond motifs is 1. The molecule has 1 saturated carbocycles. The number of aromatic nitrogens is 3. The van der Waals surface area contributed by atoms with Crippen molar-refractivity contribution in [3.63, 3.8) is 0 Å². The summed E-state index contributed by atoms with van der Waals surface area (Å²) in [5, 5.41) is 10.0. The van der Waals surface area contributed by atoms with Gasteiger partial charge in [0.25, 0.3) is 5.91 Å². The molecule has 0 radical (unpaired) electrons. The van der Waals surface area contributed by atoms with E-state index in [9.17, 15) is 18.0 Å². The number of nitrogens with zero attached hydrogens (tertiary/aromatic N) is 4. The lowest BCUT2D eigenvalue weighted by Gasteiger charge is -2.34. The van der Waals surface area contributed by atoms with Crippen LogP contribution in [0, 0.1) is 0 Å². The SMILES string of the molecule is CN(c1c(Cl)c(NC(C)(C)C(F)(F)F)nn2c(-c3ccc(C(=O)NC4CC4)cc3)cnc12)C1CCOCC1. The average molecular weight is 551 g/mol. The molecule has 0 bridgehead atoms. The van der Waals surface area contributed by atoms with Crippen molar-refractivity contribution in [2.75, 3.05) is 30.5 Å². The van der Waals surface area contributed by atoms with E-state index in [-0.39, 0.29) is 28.8 Å². The maximum Gasteiger partial charge on any atom is 0.410 e. The lowest BCUT2D eigenvalue weighted by molar-refractivity contribution is -0.168. The van der Waals surface area contributed by atoms with E-state index in [0.717, 1.165) is 39.5 Å². The third-order valence-corrected chi connectivity index (χ3v) is 7.51. The van der Waals surface area contributed by atoms with Crippen LogP contribution in [0.2, 0.25) is 5.02 Å². The van der Waals surface area contributed by atoms with Crippen molar-refractivity contribution in [2.45, 2.75) is 63.3 Å². The molecule has 0 atom stereocenters. The van der Waals surface area contributed by atoms with Gasteiger partial charge in [0.2, 0.25) is 0 Å². The first-order valence-corrected chi connectivity index (χ1v) is 13.0. The van der Waals surface area contributed by atoms with E-state index < -0.39 is 11.7 Å². The van der Waals surface area contributed by atoms with Crippen LogP contribution in [0.4, 0.5) is 24.7 Å². The number of imidazole rings is 1. The van der Waals surface area contributed by atoms with Crippen LogP contribution in [0.5, 0.6) is 0 Å². The van der Waals surface area contributed by atoms with Gasteiger partial charge in [0.1, 0.15) is 16.2 Å². The summed E-state index contributed by atoms with van der Waals surface area (Å²) >= 11 is 6.75. The van der Waals surface area contributed by atoms with Crippen molar-refractivity contribution in [1.29, 1.82) is 0 Å². The molecule has 3 aromatic rings. The van der Waals surface area contributed by atoms with Gasteiger partial charge in [-0.05, 0) is 51.7 Å². The summed E-state index contributed by atoms with van der Waals surface area (Å²) in [6.07, 6.45) is 0.538. The number of hydrogen-bond acceptors (Lipinski definition) is 6. The Balaban J connectivity index is 1.58. The van der Waals surface area contributed by atoms with Crippen LogP contribution < -0.4 is 15.5 Å². The molecular formula is C26H30ClF3N6O2. The molecule has 2 aliphatic rings. The molecule has 2 aromatic heterocycles. The minimum atomic E-state index is -4.55. The van der Waals surface area contributed by atoms with Crippen molar-refractivity contribution >= 4 is 34.7 Å². The number of carbonyl (C=O) groups is 1. The fourth-order valence-electron chi connectivity index (χ4n) is 4.46. The lowest BCUT2D eigenvalue weighted by atomic mass is 10.1. The minimum absolute atomic E-state index is 0.0630. The van der Waals surface area contributed by atoms with Gasteiger partial charge in [-0.15, -0.1) is 5.10 Å². The number of nitrogens with one attached hydrogen (secondary N) is 2. The molecule has 1 saturated heterocycles.